The molecule has 0 aromatic carbocycles. The summed E-state index contributed by atoms with van der Waals surface area (Å²) in [5.41, 5.74) is 5.08. The van der Waals surface area contributed by atoms with Gasteiger partial charge in [0.2, 0.25) is 0 Å². The summed E-state index contributed by atoms with van der Waals surface area (Å²) >= 11 is 0. The highest BCUT2D eigenvalue weighted by atomic mass is 16.3. The van der Waals surface area contributed by atoms with E-state index in [2.05, 4.69) is 13.8 Å². The molecule has 2 unspecified atom stereocenters. The number of hydrogen-bond acceptors (Lipinski definition) is 2. The first-order valence-corrected chi connectivity index (χ1v) is 6.00. The summed E-state index contributed by atoms with van der Waals surface area (Å²) in [7, 11) is 0. The van der Waals surface area contributed by atoms with Gasteiger partial charge in [-0.05, 0) is 44.1 Å². The minimum absolute atomic E-state index is 0.446. The zero-order chi connectivity index (χ0) is 10.6. The van der Waals surface area contributed by atoms with Crippen molar-refractivity contribution in [2.24, 2.45) is 17.6 Å². The second kappa shape index (κ2) is 5.13. The Kier molecular flexibility index (Phi) is 4.39. The van der Waals surface area contributed by atoms with Crippen molar-refractivity contribution in [3.63, 3.8) is 0 Å². The highest BCUT2D eigenvalue weighted by Gasteiger charge is 2.30. The minimum Gasteiger partial charge on any atom is -0.390 e. The average Bonchev–Trinajstić information content (AvgIpc) is 2.28. The van der Waals surface area contributed by atoms with Crippen LogP contribution in [0.1, 0.15) is 52.4 Å². The maximum absolute atomic E-state index is 10.3. The lowest BCUT2D eigenvalue weighted by Crippen LogP contribution is -2.30. The minimum atomic E-state index is -0.446. The van der Waals surface area contributed by atoms with Gasteiger partial charge in [-0.2, -0.15) is 0 Å². The molecule has 0 bridgehead atoms. The molecular formula is C12H25NO. The Morgan fingerprint density at radius 2 is 2.07 bits per heavy atom. The zero-order valence-corrected chi connectivity index (χ0v) is 9.63. The molecule has 0 aromatic rings. The van der Waals surface area contributed by atoms with Crippen molar-refractivity contribution in [1.82, 2.24) is 0 Å². The quantitative estimate of drug-likeness (QED) is 0.685. The Balaban J connectivity index is 2.47. The maximum atomic E-state index is 10.3. The Morgan fingerprint density at radius 3 is 2.64 bits per heavy atom. The molecule has 1 aliphatic rings. The van der Waals surface area contributed by atoms with Crippen LogP contribution in [-0.4, -0.2) is 17.3 Å². The smallest absolute Gasteiger partial charge is 0.0660 e. The van der Waals surface area contributed by atoms with E-state index in [1.165, 1.54) is 19.3 Å². The molecule has 2 atom stereocenters. The number of aliphatic hydroxyl groups is 1. The van der Waals surface area contributed by atoms with Crippen LogP contribution in [0.3, 0.4) is 0 Å². The van der Waals surface area contributed by atoms with Gasteiger partial charge in [0.1, 0.15) is 0 Å². The Hall–Kier alpha value is -0.0800. The molecule has 0 heterocycles. The molecule has 1 rings (SSSR count). The third-order valence-corrected chi connectivity index (χ3v) is 3.75. The van der Waals surface area contributed by atoms with Crippen LogP contribution in [0.25, 0.3) is 0 Å². The van der Waals surface area contributed by atoms with Crippen molar-refractivity contribution in [2.45, 2.75) is 58.0 Å². The summed E-state index contributed by atoms with van der Waals surface area (Å²) in [6.45, 7) is 5.19. The molecule has 1 fully saturated rings. The van der Waals surface area contributed by atoms with Crippen molar-refractivity contribution in [3.05, 3.63) is 0 Å². The molecular weight excluding hydrogens is 174 g/mol. The second-order valence-corrected chi connectivity index (χ2v) is 5.20. The van der Waals surface area contributed by atoms with Gasteiger partial charge in [0.25, 0.3) is 0 Å². The summed E-state index contributed by atoms with van der Waals surface area (Å²) in [4.78, 5) is 0. The molecule has 1 aliphatic carbocycles. The Morgan fingerprint density at radius 1 is 1.36 bits per heavy atom. The van der Waals surface area contributed by atoms with Gasteiger partial charge in [0.05, 0.1) is 5.60 Å². The normalized spacial score (nSPS) is 34.5. The first-order valence-electron chi connectivity index (χ1n) is 6.00. The SMILES string of the molecule is CC(C)C1CCCC(O)(CCN)CC1. The number of rotatable bonds is 3. The van der Waals surface area contributed by atoms with E-state index in [4.69, 9.17) is 5.73 Å². The largest absolute Gasteiger partial charge is 0.390 e. The standard InChI is InChI=1S/C12H25NO/c1-10(2)11-4-3-6-12(14,7-5-11)8-9-13/h10-11,14H,3-9,13H2,1-2H3. The van der Waals surface area contributed by atoms with E-state index < -0.39 is 5.60 Å². The molecule has 0 amide bonds. The summed E-state index contributed by atoms with van der Waals surface area (Å²) < 4.78 is 0. The van der Waals surface area contributed by atoms with Gasteiger partial charge in [-0.25, -0.2) is 0 Å². The van der Waals surface area contributed by atoms with Crippen LogP contribution < -0.4 is 5.73 Å². The molecule has 0 aliphatic heterocycles. The maximum Gasteiger partial charge on any atom is 0.0660 e. The van der Waals surface area contributed by atoms with Crippen molar-refractivity contribution in [1.29, 1.82) is 0 Å². The van der Waals surface area contributed by atoms with Crippen LogP contribution >= 0.6 is 0 Å². The second-order valence-electron chi connectivity index (χ2n) is 5.20. The molecule has 14 heavy (non-hydrogen) atoms. The summed E-state index contributed by atoms with van der Waals surface area (Å²) in [5, 5.41) is 10.3. The van der Waals surface area contributed by atoms with Crippen molar-refractivity contribution < 1.29 is 5.11 Å². The highest BCUT2D eigenvalue weighted by molar-refractivity contribution is 4.84. The fourth-order valence-corrected chi connectivity index (χ4v) is 2.60. The van der Waals surface area contributed by atoms with Crippen LogP contribution in [0.2, 0.25) is 0 Å². The van der Waals surface area contributed by atoms with E-state index in [0.717, 1.165) is 31.1 Å². The van der Waals surface area contributed by atoms with Gasteiger partial charge in [0, 0.05) is 0 Å². The number of hydrogen-bond donors (Lipinski definition) is 2. The molecule has 1 saturated carbocycles. The predicted molar refractivity (Wildman–Crippen MR) is 60.0 cm³/mol. The van der Waals surface area contributed by atoms with Gasteiger partial charge >= 0.3 is 0 Å². The van der Waals surface area contributed by atoms with E-state index >= 15 is 0 Å². The Bertz CT molecular complexity index is 170. The van der Waals surface area contributed by atoms with Crippen LogP contribution in [0.5, 0.6) is 0 Å². The van der Waals surface area contributed by atoms with Crippen LogP contribution in [0, 0.1) is 11.8 Å². The van der Waals surface area contributed by atoms with Gasteiger partial charge < -0.3 is 10.8 Å². The van der Waals surface area contributed by atoms with E-state index in [0.29, 0.717) is 6.54 Å². The lowest BCUT2D eigenvalue weighted by atomic mass is 9.87. The van der Waals surface area contributed by atoms with Gasteiger partial charge in [-0.1, -0.05) is 26.7 Å². The molecule has 0 saturated heterocycles. The monoisotopic (exact) mass is 199 g/mol. The van der Waals surface area contributed by atoms with E-state index in [1.54, 1.807) is 0 Å². The van der Waals surface area contributed by atoms with Crippen LogP contribution in [-0.2, 0) is 0 Å². The number of nitrogens with two attached hydrogens (primary N) is 1. The molecule has 84 valence electrons. The fraction of sp³-hybridized carbons (Fsp3) is 1.00. The summed E-state index contributed by atoms with van der Waals surface area (Å²) in [6.07, 6.45) is 6.30. The molecule has 2 nitrogen and oxygen atoms in total. The van der Waals surface area contributed by atoms with Gasteiger partial charge in [-0.3, -0.25) is 0 Å². The summed E-state index contributed by atoms with van der Waals surface area (Å²) in [6, 6.07) is 0. The van der Waals surface area contributed by atoms with E-state index in [9.17, 15) is 5.11 Å². The molecule has 0 spiro atoms. The third-order valence-electron chi connectivity index (χ3n) is 3.75. The van der Waals surface area contributed by atoms with Crippen molar-refractivity contribution >= 4 is 0 Å². The van der Waals surface area contributed by atoms with Gasteiger partial charge in [0.15, 0.2) is 0 Å². The topological polar surface area (TPSA) is 46.2 Å². The molecule has 0 radical (unpaired) electrons. The first-order chi connectivity index (χ1) is 6.57. The Labute approximate surface area is 87.9 Å². The molecule has 2 heteroatoms. The highest BCUT2D eigenvalue weighted by Crippen LogP contribution is 2.35. The predicted octanol–water partition coefficient (Wildman–Crippen LogP) is 2.30. The summed E-state index contributed by atoms with van der Waals surface area (Å²) in [5.74, 6) is 1.57. The zero-order valence-electron chi connectivity index (χ0n) is 9.63. The first kappa shape index (κ1) is 12.0. The lowest BCUT2D eigenvalue weighted by Gasteiger charge is -2.26. The van der Waals surface area contributed by atoms with Gasteiger partial charge in [-0.15, -0.1) is 0 Å². The fourth-order valence-electron chi connectivity index (χ4n) is 2.60. The van der Waals surface area contributed by atoms with E-state index in [-0.39, 0.29) is 0 Å². The molecule has 3 N–H and O–H groups in total. The van der Waals surface area contributed by atoms with Crippen LogP contribution in [0.4, 0.5) is 0 Å². The van der Waals surface area contributed by atoms with Crippen molar-refractivity contribution in [2.75, 3.05) is 6.54 Å². The van der Waals surface area contributed by atoms with Crippen LogP contribution in [0.15, 0.2) is 0 Å². The third kappa shape index (κ3) is 3.25. The lowest BCUT2D eigenvalue weighted by molar-refractivity contribution is 0.0173. The average molecular weight is 199 g/mol. The van der Waals surface area contributed by atoms with E-state index in [1.807, 2.05) is 0 Å². The molecule has 0 aromatic heterocycles. The van der Waals surface area contributed by atoms with Crippen molar-refractivity contribution in [3.8, 4) is 0 Å².